The van der Waals surface area contributed by atoms with Gasteiger partial charge in [-0.3, -0.25) is 4.79 Å². The van der Waals surface area contributed by atoms with E-state index < -0.39 is 11.5 Å². The van der Waals surface area contributed by atoms with E-state index in [1.807, 2.05) is 19.0 Å². The van der Waals surface area contributed by atoms with Crippen LogP contribution in [-0.2, 0) is 4.79 Å². The van der Waals surface area contributed by atoms with Gasteiger partial charge in [0, 0.05) is 19.1 Å². The standard InChI is InChI=1S/C14H25N3O3/c1-16(2)11-5-8-17(10-11)13(20)15-14(9-12(18)19)6-3-4-7-14/h11H,3-10H2,1-2H3,(H,15,20)(H,18,19). The van der Waals surface area contributed by atoms with Crippen molar-refractivity contribution in [1.29, 1.82) is 0 Å². The number of rotatable bonds is 4. The number of hydrogen-bond acceptors (Lipinski definition) is 3. The smallest absolute Gasteiger partial charge is 0.317 e. The Bertz CT molecular complexity index is 378. The maximum atomic E-state index is 12.4. The Hall–Kier alpha value is -1.30. The summed E-state index contributed by atoms with van der Waals surface area (Å²) in [5.41, 5.74) is -0.529. The summed E-state index contributed by atoms with van der Waals surface area (Å²) >= 11 is 0. The van der Waals surface area contributed by atoms with E-state index in [1.54, 1.807) is 0 Å². The topological polar surface area (TPSA) is 72.9 Å². The van der Waals surface area contributed by atoms with Crippen molar-refractivity contribution < 1.29 is 14.7 Å². The molecule has 2 fully saturated rings. The molecule has 1 saturated heterocycles. The molecule has 1 saturated carbocycles. The van der Waals surface area contributed by atoms with E-state index in [4.69, 9.17) is 5.11 Å². The summed E-state index contributed by atoms with van der Waals surface area (Å²) in [7, 11) is 4.05. The monoisotopic (exact) mass is 283 g/mol. The molecule has 2 aliphatic rings. The minimum absolute atomic E-state index is 0.0314. The quantitative estimate of drug-likeness (QED) is 0.811. The van der Waals surface area contributed by atoms with Gasteiger partial charge < -0.3 is 20.2 Å². The molecule has 6 nitrogen and oxygen atoms in total. The Labute approximate surface area is 120 Å². The van der Waals surface area contributed by atoms with Crippen LogP contribution in [-0.4, -0.2) is 65.7 Å². The number of hydrogen-bond donors (Lipinski definition) is 2. The molecule has 2 amide bonds. The third-order valence-electron chi connectivity index (χ3n) is 4.60. The van der Waals surface area contributed by atoms with Crippen molar-refractivity contribution in [2.24, 2.45) is 0 Å². The van der Waals surface area contributed by atoms with E-state index in [9.17, 15) is 9.59 Å². The van der Waals surface area contributed by atoms with Gasteiger partial charge in [0.05, 0.1) is 12.0 Å². The molecule has 0 radical (unpaired) electrons. The number of amides is 2. The molecule has 2 rings (SSSR count). The molecule has 0 aromatic heterocycles. The van der Waals surface area contributed by atoms with Crippen LogP contribution in [0.5, 0.6) is 0 Å². The second-order valence-electron chi connectivity index (χ2n) is 6.34. The van der Waals surface area contributed by atoms with Gasteiger partial charge in [0.2, 0.25) is 0 Å². The number of nitrogens with zero attached hydrogens (tertiary/aromatic N) is 2. The summed E-state index contributed by atoms with van der Waals surface area (Å²) in [6.45, 7) is 1.47. The highest BCUT2D eigenvalue weighted by Crippen LogP contribution is 2.33. The lowest BCUT2D eigenvalue weighted by molar-refractivity contribution is -0.138. The molecule has 2 N–H and O–H groups in total. The fourth-order valence-electron chi connectivity index (χ4n) is 3.34. The predicted molar refractivity (Wildman–Crippen MR) is 75.6 cm³/mol. The van der Waals surface area contributed by atoms with Gasteiger partial charge in [-0.25, -0.2) is 4.79 Å². The van der Waals surface area contributed by atoms with Gasteiger partial charge in [-0.1, -0.05) is 12.8 Å². The lowest BCUT2D eigenvalue weighted by Gasteiger charge is -2.31. The number of aliphatic carboxylic acids is 1. The molecular formula is C14H25N3O3. The van der Waals surface area contributed by atoms with Crippen LogP contribution in [0.4, 0.5) is 4.79 Å². The summed E-state index contributed by atoms with van der Waals surface area (Å²) in [5.74, 6) is -0.834. The maximum absolute atomic E-state index is 12.4. The number of carbonyl (C=O) groups is 2. The molecule has 0 aromatic rings. The van der Waals surface area contributed by atoms with Gasteiger partial charge in [0.25, 0.3) is 0 Å². The lowest BCUT2D eigenvalue weighted by Crippen LogP contribution is -2.52. The first kappa shape index (κ1) is 15.1. The van der Waals surface area contributed by atoms with Crippen LogP contribution in [0, 0.1) is 0 Å². The van der Waals surface area contributed by atoms with Crippen molar-refractivity contribution >= 4 is 12.0 Å². The average Bonchev–Trinajstić information content (AvgIpc) is 2.96. The molecular weight excluding hydrogens is 258 g/mol. The summed E-state index contributed by atoms with van der Waals surface area (Å²) < 4.78 is 0. The zero-order chi connectivity index (χ0) is 14.8. The lowest BCUT2D eigenvalue weighted by atomic mass is 9.93. The molecule has 6 heteroatoms. The van der Waals surface area contributed by atoms with E-state index in [0.717, 1.165) is 45.2 Å². The fourth-order valence-corrected chi connectivity index (χ4v) is 3.34. The van der Waals surface area contributed by atoms with Crippen molar-refractivity contribution in [3.05, 3.63) is 0 Å². The summed E-state index contributed by atoms with van der Waals surface area (Å²) in [6.07, 6.45) is 4.55. The highest BCUT2D eigenvalue weighted by molar-refractivity contribution is 5.77. The number of nitrogens with one attached hydrogen (secondary N) is 1. The Morgan fingerprint density at radius 3 is 2.50 bits per heavy atom. The van der Waals surface area contributed by atoms with Crippen molar-refractivity contribution in [2.75, 3.05) is 27.2 Å². The van der Waals surface area contributed by atoms with E-state index >= 15 is 0 Å². The first-order valence-corrected chi connectivity index (χ1v) is 7.37. The molecule has 1 aliphatic carbocycles. The van der Waals surface area contributed by atoms with Gasteiger partial charge in [-0.2, -0.15) is 0 Å². The zero-order valence-electron chi connectivity index (χ0n) is 12.4. The van der Waals surface area contributed by atoms with Crippen LogP contribution in [0.25, 0.3) is 0 Å². The highest BCUT2D eigenvalue weighted by Gasteiger charge is 2.39. The summed E-state index contributed by atoms with van der Waals surface area (Å²) in [4.78, 5) is 27.3. The Kier molecular flexibility index (Phi) is 4.52. The second-order valence-corrected chi connectivity index (χ2v) is 6.34. The molecule has 1 atom stereocenters. The SMILES string of the molecule is CN(C)C1CCN(C(=O)NC2(CC(=O)O)CCCC2)C1. The third kappa shape index (κ3) is 3.42. The van der Waals surface area contributed by atoms with Crippen LogP contribution in [0.1, 0.15) is 38.5 Å². The van der Waals surface area contributed by atoms with Gasteiger partial charge in [-0.15, -0.1) is 0 Å². The number of carboxylic acids is 1. The minimum atomic E-state index is -0.834. The van der Waals surface area contributed by atoms with Gasteiger partial charge in [-0.05, 0) is 33.4 Å². The van der Waals surface area contributed by atoms with E-state index in [2.05, 4.69) is 10.2 Å². The molecule has 1 heterocycles. The van der Waals surface area contributed by atoms with Crippen LogP contribution in [0.15, 0.2) is 0 Å². The van der Waals surface area contributed by atoms with Crippen LogP contribution < -0.4 is 5.32 Å². The van der Waals surface area contributed by atoms with Crippen molar-refractivity contribution in [1.82, 2.24) is 15.1 Å². The molecule has 114 valence electrons. The molecule has 0 aromatic carbocycles. The average molecular weight is 283 g/mol. The largest absolute Gasteiger partial charge is 0.481 e. The second kappa shape index (κ2) is 5.99. The van der Waals surface area contributed by atoms with E-state index in [0.29, 0.717) is 6.04 Å². The predicted octanol–water partition coefficient (Wildman–Crippen LogP) is 1.12. The van der Waals surface area contributed by atoms with E-state index in [1.165, 1.54) is 0 Å². The normalized spacial score (nSPS) is 25.1. The maximum Gasteiger partial charge on any atom is 0.317 e. The number of likely N-dealkylation sites (tertiary alicyclic amines) is 1. The molecule has 20 heavy (non-hydrogen) atoms. The number of urea groups is 1. The molecule has 1 aliphatic heterocycles. The van der Waals surface area contributed by atoms with Crippen molar-refractivity contribution in [3.63, 3.8) is 0 Å². The Morgan fingerprint density at radius 2 is 2.00 bits per heavy atom. The van der Waals surface area contributed by atoms with Gasteiger partial charge in [0.15, 0.2) is 0 Å². The minimum Gasteiger partial charge on any atom is -0.481 e. The third-order valence-corrected chi connectivity index (χ3v) is 4.60. The van der Waals surface area contributed by atoms with Crippen LogP contribution in [0.2, 0.25) is 0 Å². The first-order chi connectivity index (χ1) is 9.42. The first-order valence-electron chi connectivity index (χ1n) is 7.37. The summed E-state index contributed by atoms with van der Waals surface area (Å²) in [6, 6.07) is 0.303. The number of likely N-dealkylation sites (N-methyl/N-ethyl adjacent to an activating group) is 1. The van der Waals surface area contributed by atoms with Crippen molar-refractivity contribution in [3.8, 4) is 0 Å². The highest BCUT2D eigenvalue weighted by atomic mass is 16.4. The van der Waals surface area contributed by atoms with E-state index in [-0.39, 0.29) is 12.5 Å². The van der Waals surface area contributed by atoms with Gasteiger partial charge in [0.1, 0.15) is 0 Å². The molecule has 0 spiro atoms. The number of carboxylic acid groups (broad SMARTS) is 1. The van der Waals surface area contributed by atoms with Crippen LogP contribution in [0.3, 0.4) is 0 Å². The fraction of sp³-hybridized carbons (Fsp3) is 0.857. The Morgan fingerprint density at radius 1 is 1.35 bits per heavy atom. The van der Waals surface area contributed by atoms with Crippen molar-refractivity contribution in [2.45, 2.75) is 50.1 Å². The zero-order valence-corrected chi connectivity index (χ0v) is 12.4. The number of carbonyl (C=O) groups excluding carboxylic acids is 1. The van der Waals surface area contributed by atoms with Gasteiger partial charge >= 0.3 is 12.0 Å². The summed E-state index contributed by atoms with van der Waals surface area (Å²) in [5, 5.41) is 12.1. The molecule has 0 bridgehead atoms. The van der Waals surface area contributed by atoms with Crippen LogP contribution >= 0.6 is 0 Å². The Balaban J connectivity index is 1.94. The molecule has 1 unspecified atom stereocenters.